The zero-order chi connectivity index (χ0) is 18.1. The first-order valence-corrected chi connectivity index (χ1v) is 10.2. The quantitative estimate of drug-likeness (QED) is 0.842. The van der Waals surface area contributed by atoms with Crippen LogP contribution in [0.4, 0.5) is 0 Å². The Kier molecular flexibility index (Phi) is 5.55. The SMILES string of the molecule is OCCN1CCN([C@@H]2c3ccccc3Sc3ccc(Cl)cc3[C@@H]2O)CC1. The molecule has 0 radical (unpaired) electrons. The molecule has 2 N–H and O–H groups in total. The minimum absolute atomic E-state index is 0.0882. The highest BCUT2D eigenvalue weighted by Gasteiger charge is 2.36. The number of halogens is 1. The van der Waals surface area contributed by atoms with Gasteiger partial charge < -0.3 is 10.2 Å². The number of rotatable bonds is 3. The van der Waals surface area contributed by atoms with E-state index < -0.39 is 6.10 Å². The summed E-state index contributed by atoms with van der Waals surface area (Å²) in [5.41, 5.74) is 2.08. The van der Waals surface area contributed by atoms with Crippen molar-refractivity contribution < 1.29 is 10.2 Å². The maximum Gasteiger partial charge on any atom is 0.0998 e. The first-order chi connectivity index (χ1) is 12.7. The van der Waals surface area contributed by atoms with Gasteiger partial charge in [-0.15, -0.1) is 0 Å². The smallest absolute Gasteiger partial charge is 0.0998 e. The normalized spacial score (nSPS) is 24.0. The Labute approximate surface area is 163 Å². The van der Waals surface area contributed by atoms with Gasteiger partial charge in [0, 0.05) is 47.5 Å². The summed E-state index contributed by atoms with van der Waals surface area (Å²) >= 11 is 7.93. The molecule has 0 aromatic heterocycles. The van der Waals surface area contributed by atoms with Gasteiger partial charge in [0.1, 0.15) is 0 Å². The number of aliphatic hydroxyl groups excluding tert-OH is 2. The van der Waals surface area contributed by atoms with Gasteiger partial charge in [0.05, 0.1) is 18.8 Å². The third kappa shape index (κ3) is 3.52. The van der Waals surface area contributed by atoms with Crippen molar-refractivity contribution in [3.05, 3.63) is 58.6 Å². The van der Waals surface area contributed by atoms with Gasteiger partial charge in [0.15, 0.2) is 0 Å². The van der Waals surface area contributed by atoms with Crippen LogP contribution in [0.1, 0.15) is 23.3 Å². The maximum absolute atomic E-state index is 11.3. The fourth-order valence-corrected chi connectivity index (χ4v) is 5.23. The first kappa shape index (κ1) is 18.3. The second-order valence-corrected chi connectivity index (χ2v) is 8.33. The number of benzene rings is 2. The summed E-state index contributed by atoms with van der Waals surface area (Å²) in [6, 6.07) is 14.1. The monoisotopic (exact) mass is 390 g/mol. The second-order valence-electron chi connectivity index (χ2n) is 6.81. The van der Waals surface area contributed by atoms with Crippen LogP contribution < -0.4 is 0 Å². The summed E-state index contributed by atoms with van der Waals surface area (Å²) in [7, 11) is 0. The molecule has 26 heavy (non-hydrogen) atoms. The van der Waals surface area contributed by atoms with E-state index in [4.69, 9.17) is 16.7 Å². The molecule has 0 unspecified atom stereocenters. The molecule has 0 saturated carbocycles. The van der Waals surface area contributed by atoms with Crippen LogP contribution in [0, 0.1) is 0 Å². The highest BCUT2D eigenvalue weighted by atomic mass is 35.5. The van der Waals surface area contributed by atoms with Gasteiger partial charge >= 0.3 is 0 Å². The lowest BCUT2D eigenvalue weighted by Gasteiger charge is -2.41. The molecule has 2 aliphatic heterocycles. The molecule has 4 rings (SSSR count). The van der Waals surface area contributed by atoms with Gasteiger partial charge in [-0.05, 0) is 35.4 Å². The number of aliphatic hydroxyl groups is 2. The Balaban J connectivity index is 1.70. The predicted octanol–water partition coefficient (Wildman–Crippen LogP) is 3.19. The summed E-state index contributed by atoms with van der Waals surface area (Å²) in [6.07, 6.45) is -0.621. The van der Waals surface area contributed by atoms with Crippen LogP contribution in [0.2, 0.25) is 5.02 Å². The van der Waals surface area contributed by atoms with Crippen molar-refractivity contribution in [2.75, 3.05) is 39.3 Å². The molecule has 4 nitrogen and oxygen atoms in total. The molecule has 2 atom stereocenters. The average Bonchev–Trinajstić information content (AvgIpc) is 2.77. The van der Waals surface area contributed by atoms with Crippen LogP contribution in [-0.2, 0) is 0 Å². The largest absolute Gasteiger partial charge is 0.395 e. The molecule has 0 bridgehead atoms. The van der Waals surface area contributed by atoms with Crippen molar-refractivity contribution in [1.82, 2.24) is 9.80 Å². The minimum Gasteiger partial charge on any atom is -0.395 e. The van der Waals surface area contributed by atoms with Gasteiger partial charge in [-0.1, -0.05) is 41.6 Å². The van der Waals surface area contributed by atoms with Crippen molar-refractivity contribution >= 4 is 23.4 Å². The number of nitrogens with zero attached hydrogens (tertiary/aromatic N) is 2. The fourth-order valence-electron chi connectivity index (χ4n) is 3.92. The molecule has 0 amide bonds. The number of fused-ring (bicyclic) bond motifs is 2. The molecule has 0 spiro atoms. The lowest BCUT2D eigenvalue weighted by molar-refractivity contribution is 0.0119. The molecule has 2 aliphatic rings. The van der Waals surface area contributed by atoms with E-state index in [1.54, 1.807) is 11.8 Å². The van der Waals surface area contributed by atoms with Crippen molar-refractivity contribution in [3.63, 3.8) is 0 Å². The summed E-state index contributed by atoms with van der Waals surface area (Å²) in [4.78, 5) is 6.89. The zero-order valence-corrected chi connectivity index (χ0v) is 16.1. The van der Waals surface area contributed by atoms with E-state index in [1.165, 1.54) is 10.5 Å². The van der Waals surface area contributed by atoms with Gasteiger partial charge in [0.25, 0.3) is 0 Å². The molecule has 2 aromatic rings. The van der Waals surface area contributed by atoms with Gasteiger partial charge in [-0.3, -0.25) is 9.80 Å². The van der Waals surface area contributed by atoms with Crippen LogP contribution in [0.25, 0.3) is 0 Å². The van der Waals surface area contributed by atoms with Gasteiger partial charge in [-0.25, -0.2) is 0 Å². The molecule has 138 valence electrons. The molecule has 0 aliphatic carbocycles. The van der Waals surface area contributed by atoms with Crippen LogP contribution in [0.5, 0.6) is 0 Å². The number of piperazine rings is 1. The van der Waals surface area contributed by atoms with E-state index in [-0.39, 0.29) is 12.6 Å². The Bertz CT molecular complexity index is 780. The summed E-state index contributed by atoms with van der Waals surface area (Å²) in [5, 5.41) is 21.1. The summed E-state index contributed by atoms with van der Waals surface area (Å²) in [6.45, 7) is 4.46. The zero-order valence-electron chi connectivity index (χ0n) is 14.5. The molecule has 2 heterocycles. The van der Waals surface area contributed by atoms with Crippen molar-refractivity contribution in [2.24, 2.45) is 0 Å². The Morgan fingerprint density at radius 1 is 1.00 bits per heavy atom. The maximum atomic E-state index is 11.3. The van der Waals surface area contributed by atoms with Crippen molar-refractivity contribution in [1.29, 1.82) is 0 Å². The lowest BCUT2D eigenvalue weighted by atomic mass is 9.94. The second kappa shape index (κ2) is 7.89. The fraction of sp³-hybridized carbons (Fsp3) is 0.400. The van der Waals surface area contributed by atoms with Crippen LogP contribution >= 0.6 is 23.4 Å². The van der Waals surface area contributed by atoms with Crippen molar-refractivity contribution in [2.45, 2.75) is 21.9 Å². The third-order valence-electron chi connectivity index (χ3n) is 5.26. The Morgan fingerprint density at radius 3 is 2.50 bits per heavy atom. The van der Waals surface area contributed by atoms with Gasteiger partial charge in [0.2, 0.25) is 0 Å². The highest BCUT2D eigenvalue weighted by molar-refractivity contribution is 7.99. The van der Waals surface area contributed by atoms with E-state index in [1.807, 2.05) is 24.3 Å². The summed E-state index contributed by atoms with van der Waals surface area (Å²) < 4.78 is 0. The average molecular weight is 391 g/mol. The Morgan fingerprint density at radius 2 is 1.73 bits per heavy atom. The van der Waals surface area contributed by atoms with Crippen LogP contribution in [0.3, 0.4) is 0 Å². The highest BCUT2D eigenvalue weighted by Crippen LogP contribution is 2.48. The van der Waals surface area contributed by atoms with E-state index in [9.17, 15) is 5.11 Å². The first-order valence-electron chi connectivity index (χ1n) is 8.99. The number of hydrogen-bond donors (Lipinski definition) is 2. The van der Waals surface area contributed by atoms with E-state index >= 15 is 0 Å². The molecule has 2 aromatic carbocycles. The minimum atomic E-state index is -0.621. The summed E-state index contributed by atoms with van der Waals surface area (Å²) in [5.74, 6) is 0. The van der Waals surface area contributed by atoms with E-state index in [0.717, 1.165) is 36.6 Å². The molecule has 1 saturated heterocycles. The van der Waals surface area contributed by atoms with Crippen LogP contribution in [-0.4, -0.2) is 59.3 Å². The molecular weight excluding hydrogens is 368 g/mol. The number of β-amino-alcohol motifs (C(OH)–C–C–N with tert-alkyl or cyclic N) is 1. The third-order valence-corrected chi connectivity index (χ3v) is 6.68. The predicted molar refractivity (Wildman–Crippen MR) is 105 cm³/mol. The topological polar surface area (TPSA) is 46.9 Å². The Hall–Kier alpha value is -1.08. The van der Waals surface area contributed by atoms with Crippen LogP contribution in [0.15, 0.2) is 52.3 Å². The molecular formula is C20H23ClN2O2S. The standard InChI is InChI=1S/C20H23ClN2O2S/c21-14-5-6-18-16(13-14)20(25)19(15-3-1-2-4-17(15)26-18)23-9-7-22(8-10-23)11-12-24/h1-6,13,19-20,24-25H,7-12H2/t19-,20+/m1/s1. The molecule has 6 heteroatoms. The lowest BCUT2D eigenvalue weighted by Crippen LogP contribution is -2.49. The molecule has 1 fully saturated rings. The van der Waals surface area contributed by atoms with Gasteiger partial charge in [-0.2, -0.15) is 0 Å². The van der Waals surface area contributed by atoms with Crippen molar-refractivity contribution in [3.8, 4) is 0 Å². The van der Waals surface area contributed by atoms with E-state index in [0.29, 0.717) is 11.6 Å². The number of hydrogen-bond acceptors (Lipinski definition) is 5. The van der Waals surface area contributed by atoms with E-state index in [2.05, 4.69) is 28.0 Å².